The van der Waals surface area contributed by atoms with Crippen molar-refractivity contribution in [3.05, 3.63) is 62.1 Å². The Morgan fingerprint density at radius 3 is 2.57 bits per heavy atom. The van der Waals surface area contributed by atoms with E-state index in [-0.39, 0.29) is 17.5 Å². The van der Waals surface area contributed by atoms with Crippen molar-refractivity contribution in [3.63, 3.8) is 0 Å². The number of aryl methyl sites for hydroxylation is 1. The molecule has 1 atom stereocenters. The fourth-order valence-electron chi connectivity index (χ4n) is 1.95. The van der Waals surface area contributed by atoms with Crippen LogP contribution in [0, 0.1) is 17.0 Å². The molecule has 0 aliphatic carbocycles. The molecular formula is C15H15BrN2O3. The number of nitro groups is 1. The number of nitro benzene ring substituents is 1. The minimum atomic E-state index is -0.453. The van der Waals surface area contributed by atoms with Gasteiger partial charge in [0.05, 0.1) is 4.92 Å². The molecule has 0 radical (unpaired) electrons. The highest BCUT2D eigenvalue weighted by atomic mass is 79.9. The number of benzene rings is 2. The molecule has 2 N–H and O–H groups in total. The summed E-state index contributed by atoms with van der Waals surface area (Å²) in [5.74, 6) is 0.705. The molecular weight excluding hydrogens is 336 g/mol. The molecule has 0 saturated carbocycles. The smallest absolute Gasteiger partial charge is 0.311 e. The third-order valence-electron chi connectivity index (χ3n) is 3.00. The zero-order valence-corrected chi connectivity index (χ0v) is 13.3. The fraction of sp³-hybridized carbons (Fsp3) is 0.200. The van der Waals surface area contributed by atoms with E-state index >= 15 is 0 Å². The topological polar surface area (TPSA) is 78.4 Å². The van der Waals surface area contributed by atoms with Crippen LogP contribution in [0.5, 0.6) is 11.5 Å². The summed E-state index contributed by atoms with van der Waals surface area (Å²) >= 11 is 3.36. The first-order chi connectivity index (χ1) is 9.88. The summed E-state index contributed by atoms with van der Waals surface area (Å²) in [5, 5.41) is 11.1. The summed E-state index contributed by atoms with van der Waals surface area (Å²) in [5.41, 5.74) is 7.43. The summed E-state index contributed by atoms with van der Waals surface area (Å²) in [7, 11) is 0. The van der Waals surface area contributed by atoms with E-state index in [1.165, 1.54) is 6.07 Å². The molecule has 2 rings (SSSR count). The van der Waals surface area contributed by atoms with Gasteiger partial charge in [0.15, 0.2) is 0 Å². The molecule has 5 nitrogen and oxygen atoms in total. The van der Waals surface area contributed by atoms with Crippen LogP contribution in [0.3, 0.4) is 0 Å². The van der Waals surface area contributed by atoms with Crippen molar-refractivity contribution in [3.8, 4) is 11.5 Å². The Morgan fingerprint density at radius 2 is 1.95 bits per heavy atom. The van der Waals surface area contributed by atoms with Gasteiger partial charge in [-0.05, 0) is 37.6 Å². The van der Waals surface area contributed by atoms with E-state index in [1.54, 1.807) is 25.1 Å². The molecule has 0 saturated heterocycles. The summed E-state index contributed by atoms with van der Waals surface area (Å²) in [6.45, 7) is 3.63. The molecule has 21 heavy (non-hydrogen) atoms. The minimum absolute atomic E-state index is 0.0643. The number of halogens is 1. The molecule has 0 aromatic heterocycles. The van der Waals surface area contributed by atoms with E-state index in [4.69, 9.17) is 10.5 Å². The van der Waals surface area contributed by atoms with Gasteiger partial charge in [-0.15, -0.1) is 0 Å². The fourth-order valence-corrected chi connectivity index (χ4v) is 2.29. The first-order valence-corrected chi connectivity index (χ1v) is 7.15. The average Bonchev–Trinajstić information content (AvgIpc) is 2.40. The van der Waals surface area contributed by atoms with Crippen LogP contribution in [0.1, 0.15) is 24.1 Å². The second kappa shape index (κ2) is 6.24. The van der Waals surface area contributed by atoms with E-state index in [0.29, 0.717) is 5.75 Å². The van der Waals surface area contributed by atoms with E-state index in [0.717, 1.165) is 15.6 Å². The first-order valence-electron chi connectivity index (χ1n) is 6.36. The van der Waals surface area contributed by atoms with Gasteiger partial charge < -0.3 is 10.5 Å². The molecule has 0 heterocycles. The van der Waals surface area contributed by atoms with Crippen LogP contribution in [0.2, 0.25) is 0 Å². The average molecular weight is 351 g/mol. The van der Waals surface area contributed by atoms with Gasteiger partial charge in [-0.3, -0.25) is 10.1 Å². The second-order valence-corrected chi connectivity index (χ2v) is 5.72. The number of nitrogens with zero attached hydrogens (tertiary/aromatic N) is 1. The minimum Gasteiger partial charge on any atom is -0.450 e. The Balaban J connectivity index is 2.47. The van der Waals surface area contributed by atoms with Crippen molar-refractivity contribution < 1.29 is 9.66 Å². The van der Waals surface area contributed by atoms with Crippen LogP contribution in [0.25, 0.3) is 0 Å². The highest BCUT2D eigenvalue weighted by molar-refractivity contribution is 9.10. The second-order valence-electron chi connectivity index (χ2n) is 4.80. The Bertz CT molecular complexity index is 687. The number of ether oxygens (including phenoxy) is 1. The Morgan fingerprint density at radius 1 is 1.24 bits per heavy atom. The van der Waals surface area contributed by atoms with Gasteiger partial charge >= 0.3 is 5.69 Å². The number of rotatable bonds is 4. The third-order valence-corrected chi connectivity index (χ3v) is 3.49. The quantitative estimate of drug-likeness (QED) is 0.651. The zero-order chi connectivity index (χ0) is 15.6. The molecule has 0 bridgehead atoms. The van der Waals surface area contributed by atoms with Gasteiger partial charge in [0.1, 0.15) is 5.75 Å². The lowest BCUT2D eigenvalue weighted by molar-refractivity contribution is -0.385. The summed E-state index contributed by atoms with van der Waals surface area (Å²) in [6, 6.07) is 10.1. The Hall–Kier alpha value is -1.92. The highest BCUT2D eigenvalue weighted by Crippen LogP contribution is 2.36. The molecule has 1 unspecified atom stereocenters. The first kappa shape index (κ1) is 15.5. The molecule has 2 aromatic rings. The lowest BCUT2D eigenvalue weighted by atomic mass is 10.1. The number of nitrogens with two attached hydrogens (primary N) is 1. The SMILES string of the molecule is Cc1ccc(Oc2cc(Br)ccc2C(C)N)c([N+](=O)[O-])c1. The maximum Gasteiger partial charge on any atom is 0.311 e. The van der Waals surface area contributed by atoms with Gasteiger partial charge in [-0.1, -0.05) is 28.1 Å². The van der Waals surface area contributed by atoms with E-state index in [2.05, 4.69) is 15.9 Å². The van der Waals surface area contributed by atoms with E-state index < -0.39 is 4.92 Å². The third kappa shape index (κ3) is 3.59. The van der Waals surface area contributed by atoms with Crippen LogP contribution in [-0.2, 0) is 0 Å². The Labute approximate surface area is 131 Å². The van der Waals surface area contributed by atoms with Crippen molar-refractivity contribution in [1.29, 1.82) is 0 Å². The van der Waals surface area contributed by atoms with E-state index in [1.807, 2.05) is 19.1 Å². The van der Waals surface area contributed by atoms with Crippen LogP contribution in [-0.4, -0.2) is 4.92 Å². The molecule has 0 aliphatic rings. The molecule has 0 spiro atoms. The predicted octanol–water partition coefficient (Wildman–Crippen LogP) is 4.48. The van der Waals surface area contributed by atoms with Crippen molar-refractivity contribution in [2.45, 2.75) is 19.9 Å². The van der Waals surface area contributed by atoms with Crippen LogP contribution in [0.4, 0.5) is 5.69 Å². The van der Waals surface area contributed by atoms with Crippen LogP contribution >= 0.6 is 15.9 Å². The number of hydrogen-bond donors (Lipinski definition) is 1. The molecule has 0 amide bonds. The molecule has 2 aromatic carbocycles. The van der Waals surface area contributed by atoms with Gasteiger partial charge in [-0.2, -0.15) is 0 Å². The molecule has 0 aliphatic heterocycles. The summed E-state index contributed by atoms with van der Waals surface area (Å²) in [6.07, 6.45) is 0. The van der Waals surface area contributed by atoms with Gasteiger partial charge in [0.2, 0.25) is 5.75 Å². The van der Waals surface area contributed by atoms with Gasteiger partial charge in [0.25, 0.3) is 0 Å². The maximum absolute atomic E-state index is 11.1. The summed E-state index contributed by atoms with van der Waals surface area (Å²) in [4.78, 5) is 10.7. The van der Waals surface area contributed by atoms with Gasteiger partial charge in [-0.25, -0.2) is 0 Å². The lowest BCUT2D eigenvalue weighted by Crippen LogP contribution is -2.07. The van der Waals surface area contributed by atoms with Crippen molar-refractivity contribution >= 4 is 21.6 Å². The lowest BCUT2D eigenvalue weighted by Gasteiger charge is -2.14. The van der Waals surface area contributed by atoms with Crippen molar-refractivity contribution in [1.82, 2.24) is 0 Å². The molecule has 6 heteroatoms. The van der Waals surface area contributed by atoms with E-state index in [9.17, 15) is 10.1 Å². The standard InChI is InChI=1S/C15H15BrN2O3/c1-9-3-6-14(13(7-9)18(19)20)21-15-8-11(16)4-5-12(15)10(2)17/h3-8,10H,17H2,1-2H3. The molecule has 110 valence electrons. The Kier molecular flexibility index (Phi) is 4.59. The maximum atomic E-state index is 11.1. The molecule has 0 fully saturated rings. The monoisotopic (exact) mass is 350 g/mol. The van der Waals surface area contributed by atoms with Crippen LogP contribution < -0.4 is 10.5 Å². The van der Waals surface area contributed by atoms with Gasteiger partial charge in [0, 0.05) is 22.1 Å². The zero-order valence-electron chi connectivity index (χ0n) is 11.7. The predicted molar refractivity (Wildman–Crippen MR) is 84.7 cm³/mol. The largest absolute Gasteiger partial charge is 0.450 e. The van der Waals surface area contributed by atoms with Crippen molar-refractivity contribution in [2.24, 2.45) is 5.73 Å². The number of hydrogen-bond acceptors (Lipinski definition) is 4. The summed E-state index contributed by atoms with van der Waals surface area (Å²) < 4.78 is 6.56. The normalized spacial score (nSPS) is 12.0. The van der Waals surface area contributed by atoms with Crippen molar-refractivity contribution in [2.75, 3.05) is 0 Å². The highest BCUT2D eigenvalue weighted by Gasteiger charge is 2.18. The van der Waals surface area contributed by atoms with Crippen LogP contribution in [0.15, 0.2) is 40.9 Å².